The molecule has 7 nitrogen and oxygen atoms in total. The van der Waals surface area contributed by atoms with Crippen molar-refractivity contribution < 1.29 is 32.8 Å². The van der Waals surface area contributed by atoms with Gasteiger partial charge in [-0.2, -0.15) is 8.42 Å². The Morgan fingerprint density at radius 2 is 1.20 bits per heavy atom. The van der Waals surface area contributed by atoms with Crippen molar-refractivity contribution in [3.05, 3.63) is 0 Å². The van der Waals surface area contributed by atoms with Gasteiger partial charge in [0, 0.05) is 0 Å². The first-order valence-corrected chi connectivity index (χ1v) is 10.1. The van der Waals surface area contributed by atoms with E-state index in [1.54, 1.807) is 25.7 Å². The molecule has 1 unspecified atom stereocenters. The Balaban J connectivity index is 0.000000443. The minimum absolute atomic E-state index is 0. The number of rotatable bonds is 5. The molecule has 2 saturated carbocycles. The average molecular weight is 388 g/mol. The number of aliphatic carboxylic acids is 2. The molecule has 2 aliphatic rings. The molecule has 0 bridgehead atoms. The predicted molar refractivity (Wildman–Crippen MR) is 95.5 cm³/mol. The van der Waals surface area contributed by atoms with Crippen LogP contribution in [0.1, 0.15) is 70.6 Å². The van der Waals surface area contributed by atoms with Gasteiger partial charge in [-0.15, -0.1) is 0 Å². The SMILES string of the molecule is C1CCC(C2CCCCC2)CC1.O=C(O)CC(C(=O)O)S(=O)(=O)O.[NaH]. The fraction of sp³-hybridized carbons (Fsp3) is 0.875. The number of hydrogen-bond acceptors (Lipinski definition) is 4. The second kappa shape index (κ2) is 12.3. The number of carbonyl (C=O) groups is 2. The van der Waals surface area contributed by atoms with Crippen molar-refractivity contribution in [3.8, 4) is 0 Å². The Morgan fingerprint density at radius 3 is 1.40 bits per heavy atom. The zero-order valence-corrected chi connectivity index (χ0v) is 14.7. The van der Waals surface area contributed by atoms with Crippen molar-refractivity contribution in [2.24, 2.45) is 11.8 Å². The fourth-order valence-electron chi connectivity index (χ4n) is 3.69. The molecule has 9 heteroatoms. The molecule has 2 aliphatic carbocycles. The van der Waals surface area contributed by atoms with Crippen molar-refractivity contribution in [2.45, 2.75) is 75.9 Å². The Bertz CT molecular complexity index is 493. The van der Waals surface area contributed by atoms with Crippen molar-refractivity contribution in [1.29, 1.82) is 0 Å². The zero-order valence-electron chi connectivity index (χ0n) is 13.9. The van der Waals surface area contributed by atoms with Crippen LogP contribution in [0.4, 0.5) is 0 Å². The number of hydrogen-bond donors (Lipinski definition) is 3. The number of carboxylic acids is 2. The summed E-state index contributed by atoms with van der Waals surface area (Å²) in [5, 5.41) is 13.9. The van der Waals surface area contributed by atoms with Gasteiger partial charge in [0.2, 0.25) is 0 Å². The summed E-state index contributed by atoms with van der Waals surface area (Å²) in [7, 11) is -4.84. The third-order valence-corrected chi connectivity index (χ3v) is 6.05. The molecule has 0 heterocycles. The summed E-state index contributed by atoms with van der Waals surface area (Å²) < 4.78 is 28.7. The summed E-state index contributed by atoms with van der Waals surface area (Å²) in [5.41, 5.74) is 0. The normalized spacial score (nSPS) is 20.5. The molecule has 0 saturated heterocycles. The van der Waals surface area contributed by atoms with E-state index in [4.69, 9.17) is 14.8 Å². The van der Waals surface area contributed by atoms with Crippen LogP contribution in [0.2, 0.25) is 0 Å². The van der Waals surface area contributed by atoms with Crippen LogP contribution in [-0.2, 0) is 19.7 Å². The first kappa shape index (κ1) is 24.8. The molecule has 0 radical (unpaired) electrons. The predicted octanol–water partition coefficient (Wildman–Crippen LogP) is 2.30. The van der Waals surface area contributed by atoms with Crippen molar-refractivity contribution >= 4 is 51.6 Å². The van der Waals surface area contributed by atoms with Crippen LogP contribution in [0.25, 0.3) is 0 Å². The van der Waals surface area contributed by atoms with Crippen LogP contribution in [0.3, 0.4) is 0 Å². The van der Waals surface area contributed by atoms with E-state index in [0.717, 1.165) is 11.8 Å². The van der Waals surface area contributed by atoms with Gasteiger partial charge in [0.25, 0.3) is 10.1 Å². The van der Waals surface area contributed by atoms with Gasteiger partial charge in [0.15, 0.2) is 5.25 Å². The Labute approximate surface area is 171 Å². The Morgan fingerprint density at radius 1 is 0.840 bits per heavy atom. The standard InChI is InChI=1S/C12H22.C4H6O7S.Na.H/c1-3-7-11(8-4-1)12-9-5-2-6-10-12;5-3(6)1-2(4(7)8)12(9,10)11;;/h11-12H,1-10H2;2H,1H2,(H,5,6)(H,7,8)(H,9,10,11);;. The van der Waals surface area contributed by atoms with Crippen LogP contribution in [0, 0.1) is 11.8 Å². The van der Waals surface area contributed by atoms with Crippen LogP contribution in [0.15, 0.2) is 0 Å². The van der Waals surface area contributed by atoms with E-state index in [0.29, 0.717) is 0 Å². The summed E-state index contributed by atoms with van der Waals surface area (Å²) in [6.07, 6.45) is 14.2. The molecule has 2 fully saturated rings. The van der Waals surface area contributed by atoms with Gasteiger partial charge >= 0.3 is 41.5 Å². The van der Waals surface area contributed by atoms with E-state index in [1.807, 2.05) is 0 Å². The second-order valence-corrected chi connectivity index (χ2v) is 8.33. The van der Waals surface area contributed by atoms with Crippen LogP contribution in [-0.4, -0.2) is 69.9 Å². The molecule has 0 aromatic heterocycles. The summed E-state index contributed by atoms with van der Waals surface area (Å²) in [5.74, 6) is -1.22. The van der Waals surface area contributed by atoms with Crippen molar-refractivity contribution in [2.75, 3.05) is 0 Å². The van der Waals surface area contributed by atoms with Gasteiger partial charge in [-0.25, -0.2) is 0 Å². The molecular formula is C16H29NaO7S. The van der Waals surface area contributed by atoms with E-state index < -0.39 is 33.7 Å². The fourth-order valence-corrected chi connectivity index (χ4v) is 4.30. The van der Waals surface area contributed by atoms with Gasteiger partial charge in [0.05, 0.1) is 6.42 Å². The summed E-state index contributed by atoms with van der Waals surface area (Å²) in [4.78, 5) is 20.0. The van der Waals surface area contributed by atoms with Gasteiger partial charge < -0.3 is 10.2 Å². The van der Waals surface area contributed by atoms with Gasteiger partial charge in [-0.1, -0.05) is 64.2 Å². The number of carboxylic acid groups (broad SMARTS) is 2. The molecule has 0 aromatic rings. The first-order chi connectivity index (χ1) is 11.2. The second-order valence-electron chi connectivity index (χ2n) is 6.74. The minimum atomic E-state index is -4.84. The zero-order chi connectivity index (χ0) is 18.2. The van der Waals surface area contributed by atoms with E-state index in [-0.39, 0.29) is 29.6 Å². The molecule has 25 heavy (non-hydrogen) atoms. The molecule has 0 aliphatic heterocycles. The third kappa shape index (κ3) is 9.94. The first-order valence-electron chi connectivity index (χ1n) is 8.62. The van der Waals surface area contributed by atoms with Crippen LogP contribution in [0.5, 0.6) is 0 Å². The van der Waals surface area contributed by atoms with Crippen LogP contribution >= 0.6 is 0 Å². The van der Waals surface area contributed by atoms with Crippen molar-refractivity contribution in [3.63, 3.8) is 0 Å². The molecule has 2 rings (SSSR count). The van der Waals surface area contributed by atoms with Crippen LogP contribution < -0.4 is 0 Å². The Hall–Kier alpha value is -0.150. The maximum atomic E-state index is 10.2. The van der Waals surface area contributed by atoms with Gasteiger partial charge in [0.1, 0.15) is 0 Å². The molecular weight excluding hydrogens is 359 g/mol. The summed E-state index contributed by atoms with van der Waals surface area (Å²) in [6, 6.07) is 0. The molecule has 142 valence electrons. The topological polar surface area (TPSA) is 129 Å². The summed E-state index contributed by atoms with van der Waals surface area (Å²) in [6.45, 7) is 0. The molecule has 0 aromatic carbocycles. The quantitative estimate of drug-likeness (QED) is 0.487. The third-order valence-electron chi connectivity index (χ3n) is 4.96. The van der Waals surface area contributed by atoms with Gasteiger partial charge in [-0.05, 0) is 11.8 Å². The Kier molecular flexibility index (Phi) is 12.2. The molecule has 0 amide bonds. The summed E-state index contributed by atoms with van der Waals surface area (Å²) >= 11 is 0. The van der Waals surface area contributed by atoms with E-state index in [2.05, 4.69) is 0 Å². The maximum absolute atomic E-state index is 10.2. The monoisotopic (exact) mass is 388 g/mol. The van der Waals surface area contributed by atoms with E-state index in [1.165, 1.54) is 38.5 Å². The average Bonchev–Trinajstić information content (AvgIpc) is 2.53. The molecule has 1 atom stereocenters. The van der Waals surface area contributed by atoms with E-state index >= 15 is 0 Å². The molecule has 3 N–H and O–H groups in total. The van der Waals surface area contributed by atoms with E-state index in [9.17, 15) is 18.0 Å². The van der Waals surface area contributed by atoms with Gasteiger partial charge in [-0.3, -0.25) is 14.1 Å². The van der Waals surface area contributed by atoms with Crippen molar-refractivity contribution in [1.82, 2.24) is 0 Å². The molecule has 0 spiro atoms.